The highest BCUT2D eigenvalue weighted by Crippen LogP contribution is 2.19. The predicted molar refractivity (Wildman–Crippen MR) is 75.4 cm³/mol. The standard InChI is InChI=1S/C14H16N4O3/c1-20-11-2-4-15-13(10-11)17-5-7-18(8-6-17)14(19)12-3-9-21-16-12/h2-4,9-10H,5-8H2,1H3. The number of amides is 1. The minimum absolute atomic E-state index is 0.0954. The number of carbonyl (C=O) groups excluding carboxylic acids is 1. The second-order valence-corrected chi connectivity index (χ2v) is 4.72. The average Bonchev–Trinajstić information content (AvgIpc) is 3.09. The number of hydrogen-bond donors (Lipinski definition) is 0. The van der Waals surface area contributed by atoms with E-state index in [1.54, 1.807) is 24.3 Å². The van der Waals surface area contributed by atoms with E-state index in [4.69, 9.17) is 9.26 Å². The molecule has 2 aromatic rings. The molecule has 1 amide bonds. The Labute approximate surface area is 122 Å². The summed E-state index contributed by atoms with van der Waals surface area (Å²) in [5.74, 6) is 1.55. The lowest BCUT2D eigenvalue weighted by molar-refractivity contribution is 0.0736. The molecule has 7 nitrogen and oxygen atoms in total. The number of pyridine rings is 1. The van der Waals surface area contributed by atoms with Crippen LogP contribution in [0.25, 0.3) is 0 Å². The highest BCUT2D eigenvalue weighted by molar-refractivity contribution is 5.92. The fraction of sp³-hybridized carbons (Fsp3) is 0.357. The second kappa shape index (κ2) is 5.82. The zero-order valence-corrected chi connectivity index (χ0v) is 11.7. The predicted octanol–water partition coefficient (Wildman–Crippen LogP) is 1.04. The first-order chi connectivity index (χ1) is 10.3. The molecule has 1 saturated heterocycles. The molecule has 110 valence electrons. The molecule has 21 heavy (non-hydrogen) atoms. The van der Waals surface area contributed by atoms with Gasteiger partial charge in [-0.05, 0) is 6.07 Å². The van der Waals surface area contributed by atoms with Crippen LogP contribution in [0.4, 0.5) is 5.82 Å². The number of anilines is 1. The fourth-order valence-electron chi connectivity index (χ4n) is 2.32. The van der Waals surface area contributed by atoms with Crippen LogP contribution in [0.15, 0.2) is 35.2 Å². The summed E-state index contributed by atoms with van der Waals surface area (Å²) < 4.78 is 9.91. The Bertz CT molecular complexity index is 606. The van der Waals surface area contributed by atoms with Gasteiger partial charge < -0.3 is 19.1 Å². The van der Waals surface area contributed by atoms with Gasteiger partial charge in [-0.1, -0.05) is 5.16 Å². The first-order valence-electron chi connectivity index (χ1n) is 6.72. The number of carbonyl (C=O) groups is 1. The van der Waals surface area contributed by atoms with Crippen molar-refractivity contribution in [3.63, 3.8) is 0 Å². The Morgan fingerprint density at radius 1 is 1.29 bits per heavy atom. The maximum Gasteiger partial charge on any atom is 0.276 e. The van der Waals surface area contributed by atoms with Crippen molar-refractivity contribution in [3.8, 4) is 5.75 Å². The summed E-state index contributed by atoms with van der Waals surface area (Å²) in [6.45, 7) is 2.71. The van der Waals surface area contributed by atoms with Crippen molar-refractivity contribution < 1.29 is 14.1 Å². The van der Waals surface area contributed by atoms with E-state index >= 15 is 0 Å². The SMILES string of the molecule is COc1ccnc(N2CCN(C(=O)c3ccon3)CC2)c1. The molecule has 0 aliphatic carbocycles. The molecule has 0 N–H and O–H groups in total. The molecular weight excluding hydrogens is 272 g/mol. The molecule has 3 rings (SSSR count). The topological polar surface area (TPSA) is 71.7 Å². The van der Waals surface area contributed by atoms with Crippen LogP contribution in [0.1, 0.15) is 10.5 Å². The van der Waals surface area contributed by atoms with E-state index in [-0.39, 0.29) is 5.91 Å². The number of nitrogens with zero attached hydrogens (tertiary/aromatic N) is 4. The van der Waals surface area contributed by atoms with Crippen molar-refractivity contribution in [1.29, 1.82) is 0 Å². The maximum atomic E-state index is 12.2. The number of piperazine rings is 1. The third kappa shape index (κ3) is 2.81. The van der Waals surface area contributed by atoms with Crippen LogP contribution in [0, 0.1) is 0 Å². The molecule has 0 bridgehead atoms. The van der Waals surface area contributed by atoms with Crippen LogP contribution in [-0.2, 0) is 0 Å². The first kappa shape index (κ1) is 13.4. The second-order valence-electron chi connectivity index (χ2n) is 4.72. The van der Waals surface area contributed by atoms with Crippen molar-refractivity contribution in [1.82, 2.24) is 15.0 Å². The summed E-state index contributed by atoms with van der Waals surface area (Å²) in [5.41, 5.74) is 0.350. The highest BCUT2D eigenvalue weighted by atomic mass is 16.5. The summed E-state index contributed by atoms with van der Waals surface area (Å²) in [6.07, 6.45) is 3.13. The Balaban J connectivity index is 1.63. The number of methoxy groups -OCH3 is 1. The van der Waals surface area contributed by atoms with Crippen LogP contribution in [-0.4, -0.2) is 54.2 Å². The molecule has 1 fully saturated rings. The zero-order chi connectivity index (χ0) is 14.7. The van der Waals surface area contributed by atoms with E-state index in [0.717, 1.165) is 24.7 Å². The zero-order valence-electron chi connectivity index (χ0n) is 11.7. The highest BCUT2D eigenvalue weighted by Gasteiger charge is 2.24. The lowest BCUT2D eigenvalue weighted by atomic mass is 10.2. The molecule has 0 radical (unpaired) electrons. The molecule has 0 atom stereocenters. The van der Waals surface area contributed by atoms with Gasteiger partial charge in [-0.3, -0.25) is 4.79 Å². The normalized spacial score (nSPS) is 15.1. The third-order valence-corrected chi connectivity index (χ3v) is 3.50. The van der Waals surface area contributed by atoms with E-state index < -0.39 is 0 Å². The van der Waals surface area contributed by atoms with Crippen molar-refractivity contribution >= 4 is 11.7 Å². The molecule has 0 aromatic carbocycles. The van der Waals surface area contributed by atoms with Crippen molar-refractivity contribution in [2.45, 2.75) is 0 Å². The van der Waals surface area contributed by atoms with Gasteiger partial charge in [0.2, 0.25) is 0 Å². The van der Waals surface area contributed by atoms with Gasteiger partial charge in [-0.25, -0.2) is 4.98 Å². The van der Waals surface area contributed by atoms with Gasteiger partial charge in [-0.15, -0.1) is 0 Å². The van der Waals surface area contributed by atoms with Crippen molar-refractivity contribution in [3.05, 3.63) is 36.4 Å². The quantitative estimate of drug-likeness (QED) is 0.840. The lowest BCUT2D eigenvalue weighted by Crippen LogP contribution is -2.49. The van der Waals surface area contributed by atoms with Gasteiger partial charge in [0.15, 0.2) is 5.69 Å². The van der Waals surface area contributed by atoms with E-state index in [9.17, 15) is 4.79 Å². The lowest BCUT2D eigenvalue weighted by Gasteiger charge is -2.35. The van der Waals surface area contributed by atoms with E-state index in [1.807, 2.05) is 12.1 Å². The number of ether oxygens (including phenoxy) is 1. The van der Waals surface area contributed by atoms with Gasteiger partial charge >= 0.3 is 0 Å². The molecule has 1 aliphatic heterocycles. The smallest absolute Gasteiger partial charge is 0.276 e. The molecule has 0 unspecified atom stereocenters. The molecule has 7 heteroatoms. The van der Waals surface area contributed by atoms with E-state index in [2.05, 4.69) is 15.0 Å². The Morgan fingerprint density at radius 2 is 2.10 bits per heavy atom. The molecule has 3 heterocycles. The summed E-state index contributed by atoms with van der Waals surface area (Å²) in [4.78, 5) is 20.4. The van der Waals surface area contributed by atoms with Crippen molar-refractivity contribution in [2.75, 3.05) is 38.2 Å². The third-order valence-electron chi connectivity index (χ3n) is 3.50. The summed E-state index contributed by atoms with van der Waals surface area (Å²) in [7, 11) is 1.63. The van der Waals surface area contributed by atoms with Crippen LogP contribution in [0.5, 0.6) is 5.75 Å². The average molecular weight is 288 g/mol. The van der Waals surface area contributed by atoms with Gasteiger partial charge in [0.05, 0.1) is 7.11 Å². The van der Waals surface area contributed by atoms with Crippen LogP contribution in [0.3, 0.4) is 0 Å². The Hall–Kier alpha value is -2.57. The van der Waals surface area contributed by atoms with E-state index in [1.165, 1.54) is 6.26 Å². The summed E-state index contributed by atoms with van der Waals surface area (Å²) in [6, 6.07) is 5.29. The van der Waals surface area contributed by atoms with Crippen LogP contribution < -0.4 is 9.64 Å². The fourth-order valence-corrected chi connectivity index (χ4v) is 2.32. The Morgan fingerprint density at radius 3 is 2.76 bits per heavy atom. The molecule has 0 spiro atoms. The van der Waals surface area contributed by atoms with Crippen LogP contribution >= 0.6 is 0 Å². The number of aromatic nitrogens is 2. The molecular formula is C14H16N4O3. The van der Waals surface area contributed by atoms with Gasteiger partial charge in [0, 0.05) is 44.5 Å². The number of hydrogen-bond acceptors (Lipinski definition) is 6. The Kier molecular flexibility index (Phi) is 3.72. The van der Waals surface area contributed by atoms with Gasteiger partial charge in [0.25, 0.3) is 5.91 Å². The van der Waals surface area contributed by atoms with Gasteiger partial charge in [-0.2, -0.15) is 0 Å². The monoisotopic (exact) mass is 288 g/mol. The molecule has 1 aliphatic rings. The van der Waals surface area contributed by atoms with E-state index in [0.29, 0.717) is 18.8 Å². The van der Waals surface area contributed by atoms with Crippen molar-refractivity contribution in [2.24, 2.45) is 0 Å². The van der Waals surface area contributed by atoms with Crippen LogP contribution in [0.2, 0.25) is 0 Å². The molecule has 2 aromatic heterocycles. The summed E-state index contributed by atoms with van der Waals surface area (Å²) in [5, 5.41) is 3.68. The number of rotatable bonds is 3. The molecule has 0 saturated carbocycles. The largest absolute Gasteiger partial charge is 0.497 e. The minimum atomic E-state index is -0.0954. The van der Waals surface area contributed by atoms with Gasteiger partial charge in [0.1, 0.15) is 17.8 Å². The maximum absolute atomic E-state index is 12.2. The minimum Gasteiger partial charge on any atom is -0.497 e. The summed E-state index contributed by atoms with van der Waals surface area (Å²) >= 11 is 0. The first-order valence-corrected chi connectivity index (χ1v) is 6.72.